The zero-order valence-corrected chi connectivity index (χ0v) is 13.9. The fourth-order valence-corrected chi connectivity index (χ4v) is 2.56. The molecule has 0 aliphatic heterocycles. The van der Waals surface area contributed by atoms with Crippen LogP contribution >= 0.6 is 15.9 Å². The topological polar surface area (TPSA) is 73.6 Å². The monoisotopic (exact) mass is 356 g/mol. The molecule has 1 saturated carbocycles. The van der Waals surface area contributed by atoms with Gasteiger partial charge < -0.3 is 20.5 Å². The van der Waals surface area contributed by atoms with Gasteiger partial charge in [-0.3, -0.25) is 4.79 Å². The molecule has 0 radical (unpaired) electrons. The molecule has 1 fully saturated rings. The molecule has 2 rings (SSSR count). The Bertz CT molecular complexity index is 518. The minimum Gasteiger partial charge on any atom is -0.493 e. The number of ether oxygens (including phenoxy) is 2. The van der Waals surface area contributed by atoms with E-state index in [4.69, 9.17) is 15.2 Å². The highest BCUT2D eigenvalue weighted by atomic mass is 79.9. The largest absolute Gasteiger partial charge is 0.493 e. The van der Waals surface area contributed by atoms with Crippen LogP contribution in [0, 0.1) is 0 Å². The van der Waals surface area contributed by atoms with Gasteiger partial charge in [0, 0.05) is 6.04 Å². The molecule has 1 atom stereocenters. The maximum Gasteiger partial charge on any atom is 0.260 e. The minimum absolute atomic E-state index is 0.0995. The molecule has 0 bridgehead atoms. The third-order valence-corrected chi connectivity index (χ3v) is 3.90. The summed E-state index contributed by atoms with van der Waals surface area (Å²) < 4.78 is 11.9. The fourth-order valence-electron chi connectivity index (χ4n) is 1.98. The number of methoxy groups -OCH3 is 1. The SMILES string of the molecule is COc1cc(CCN)cc(Br)c1OC(C)C(=O)NC1CC1. The molecule has 1 aromatic carbocycles. The predicted molar refractivity (Wildman–Crippen MR) is 84.7 cm³/mol. The van der Waals surface area contributed by atoms with E-state index in [0.29, 0.717) is 24.1 Å². The van der Waals surface area contributed by atoms with Crippen LogP contribution in [0.25, 0.3) is 0 Å². The molecule has 3 N–H and O–H groups in total. The lowest BCUT2D eigenvalue weighted by atomic mass is 10.1. The van der Waals surface area contributed by atoms with Crippen LogP contribution < -0.4 is 20.5 Å². The van der Waals surface area contributed by atoms with Gasteiger partial charge in [0.2, 0.25) is 0 Å². The van der Waals surface area contributed by atoms with E-state index < -0.39 is 6.10 Å². The van der Waals surface area contributed by atoms with E-state index in [2.05, 4.69) is 21.2 Å². The van der Waals surface area contributed by atoms with E-state index in [9.17, 15) is 4.79 Å². The summed E-state index contributed by atoms with van der Waals surface area (Å²) in [4.78, 5) is 12.0. The Morgan fingerprint density at radius 1 is 1.52 bits per heavy atom. The number of nitrogens with one attached hydrogen (secondary N) is 1. The van der Waals surface area contributed by atoms with E-state index in [1.54, 1.807) is 14.0 Å². The van der Waals surface area contributed by atoms with Crippen LogP contribution in [-0.4, -0.2) is 31.7 Å². The summed E-state index contributed by atoms with van der Waals surface area (Å²) in [6.45, 7) is 2.30. The van der Waals surface area contributed by atoms with Gasteiger partial charge in [0.15, 0.2) is 17.6 Å². The number of nitrogens with two attached hydrogens (primary N) is 1. The average molecular weight is 357 g/mol. The van der Waals surface area contributed by atoms with Crippen LogP contribution in [0.5, 0.6) is 11.5 Å². The molecular formula is C15H21BrN2O3. The number of halogens is 1. The van der Waals surface area contributed by atoms with Gasteiger partial charge in [0.1, 0.15) is 0 Å². The van der Waals surface area contributed by atoms with Crippen LogP contribution in [0.2, 0.25) is 0 Å². The Hall–Kier alpha value is -1.27. The van der Waals surface area contributed by atoms with Gasteiger partial charge in [0.25, 0.3) is 5.91 Å². The molecule has 1 amide bonds. The summed E-state index contributed by atoms with van der Waals surface area (Å²) in [6.07, 6.45) is 2.29. The third-order valence-electron chi connectivity index (χ3n) is 3.31. The molecule has 21 heavy (non-hydrogen) atoms. The van der Waals surface area contributed by atoms with E-state index in [1.807, 2.05) is 12.1 Å². The standard InChI is InChI=1S/C15H21BrN2O3/c1-9(15(19)18-11-3-4-11)21-14-12(16)7-10(5-6-17)8-13(14)20-2/h7-9,11H,3-6,17H2,1-2H3,(H,18,19). The molecule has 0 heterocycles. The van der Waals surface area contributed by atoms with Crippen molar-refractivity contribution in [1.82, 2.24) is 5.32 Å². The van der Waals surface area contributed by atoms with E-state index in [-0.39, 0.29) is 5.91 Å². The zero-order valence-electron chi connectivity index (χ0n) is 12.3. The maximum atomic E-state index is 12.0. The average Bonchev–Trinajstić information content (AvgIpc) is 3.25. The van der Waals surface area contributed by atoms with Gasteiger partial charge >= 0.3 is 0 Å². The van der Waals surface area contributed by atoms with Crippen molar-refractivity contribution in [1.29, 1.82) is 0 Å². The zero-order chi connectivity index (χ0) is 15.4. The number of rotatable bonds is 7. The van der Waals surface area contributed by atoms with Crippen molar-refractivity contribution < 1.29 is 14.3 Å². The summed E-state index contributed by atoms with van der Waals surface area (Å²) in [6, 6.07) is 4.15. The van der Waals surface area contributed by atoms with Crippen LogP contribution in [0.15, 0.2) is 16.6 Å². The number of carbonyl (C=O) groups excluding carboxylic acids is 1. The van der Waals surface area contributed by atoms with Crippen molar-refractivity contribution in [3.05, 3.63) is 22.2 Å². The smallest absolute Gasteiger partial charge is 0.260 e. The first-order valence-electron chi connectivity index (χ1n) is 7.08. The molecule has 1 aliphatic rings. The molecule has 5 nitrogen and oxygen atoms in total. The van der Waals surface area contributed by atoms with Crippen molar-refractivity contribution in [3.63, 3.8) is 0 Å². The molecule has 1 aromatic rings. The lowest BCUT2D eigenvalue weighted by Crippen LogP contribution is -2.37. The first kappa shape index (κ1) is 16.1. The predicted octanol–water partition coefficient (Wildman–Crippen LogP) is 2.00. The third kappa shape index (κ3) is 4.35. The number of hydrogen-bond donors (Lipinski definition) is 2. The summed E-state index contributed by atoms with van der Waals surface area (Å²) in [5.41, 5.74) is 6.63. The molecule has 1 aliphatic carbocycles. The Morgan fingerprint density at radius 2 is 2.24 bits per heavy atom. The highest BCUT2D eigenvalue weighted by Crippen LogP contribution is 2.37. The second-order valence-electron chi connectivity index (χ2n) is 5.19. The highest BCUT2D eigenvalue weighted by Gasteiger charge is 2.27. The molecule has 1 unspecified atom stereocenters. The van der Waals surface area contributed by atoms with Crippen molar-refractivity contribution in [2.75, 3.05) is 13.7 Å². The molecule has 0 aromatic heterocycles. The molecule has 0 spiro atoms. The van der Waals surface area contributed by atoms with Gasteiger partial charge in [-0.2, -0.15) is 0 Å². The summed E-state index contributed by atoms with van der Waals surface area (Å²) in [7, 11) is 1.58. The Labute approximate surface area is 133 Å². The van der Waals surface area contributed by atoms with Crippen LogP contribution in [0.4, 0.5) is 0 Å². The van der Waals surface area contributed by atoms with Gasteiger partial charge in [0.05, 0.1) is 11.6 Å². The minimum atomic E-state index is -0.573. The quantitative estimate of drug-likeness (QED) is 0.783. The van der Waals surface area contributed by atoms with Crippen LogP contribution in [-0.2, 0) is 11.2 Å². The van der Waals surface area contributed by atoms with Crippen molar-refractivity contribution >= 4 is 21.8 Å². The maximum absolute atomic E-state index is 12.0. The highest BCUT2D eigenvalue weighted by molar-refractivity contribution is 9.10. The fraction of sp³-hybridized carbons (Fsp3) is 0.533. The normalized spacial score (nSPS) is 15.4. The van der Waals surface area contributed by atoms with E-state index in [1.165, 1.54) is 0 Å². The molecule has 6 heteroatoms. The number of carbonyl (C=O) groups is 1. The molecule has 0 saturated heterocycles. The van der Waals surface area contributed by atoms with E-state index >= 15 is 0 Å². The first-order chi connectivity index (χ1) is 10.0. The Morgan fingerprint density at radius 3 is 2.81 bits per heavy atom. The van der Waals surface area contributed by atoms with Gasteiger partial charge in [-0.25, -0.2) is 0 Å². The van der Waals surface area contributed by atoms with Crippen molar-refractivity contribution in [3.8, 4) is 11.5 Å². The number of amides is 1. The van der Waals surface area contributed by atoms with Crippen LogP contribution in [0.1, 0.15) is 25.3 Å². The lowest BCUT2D eigenvalue weighted by Gasteiger charge is -2.18. The Kier molecular flexibility index (Phi) is 5.47. The van der Waals surface area contributed by atoms with E-state index in [0.717, 1.165) is 29.3 Å². The number of hydrogen-bond acceptors (Lipinski definition) is 4. The second-order valence-corrected chi connectivity index (χ2v) is 6.04. The lowest BCUT2D eigenvalue weighted by molar-refractivity contribution is -0.127. The molecular weight excluding hydrogens is 336 g/mol. The van der Waals surface area contributed by atoms with Crippen molar-refractivity contribution in [2.24, 2.45) is 5.73 Å². The second kappa shape index (κ2) is 7.13. The van der Waals surface area contributed by atoms with Gasteiger partial charge in [-0.15, -0.1) is 0 Å². The number of benzene rings is 1. The van der Waals surface area contributed by atoms with Gasteiger partial charge in [-0.05, 0) is 66.4 Å². The Balaban J connectivity index is 2.11. The summed E-state index contributed by atoms with van der Waals surface area (Å²) in [5.74, 6) is 1.04. The van der Waals surface area contributed by atoms with Crippen molar-refractivity contribution in [2.45, 2.75) is 38.3 Å². The molecule has 116 valence electrons. The summed E-state index contributed by atoms with van der Waals surface area (Å²) in [5, 5.41) is 2.93. The first-order valence-corrected chi connectivity index (χ1v) is 7.88. The van der Waals surface area contributed by atoms with Gasteiger partial charge in [-0.1, -0.05) is 0 Å². The van der Waals surface area contributed by atoms with Crippen LogP contribution in [0.3, 0.4) is 0 Å². The summed E-state index contributed by atoms with van der Waals surface area (Å²) >= 11 is 3.47.